The van der Waals surface area contributed by atoms with E-state index >= 15 is 0 Å². The molecule has 0 heterocycles. The van der Waals surface area contributed by atoms with E-state index in [0.717, 1.165) is 12.5 Å². The molecule has 110 valence electrons. The van der Waals surface area contributed by atoms with Crippen LogP contribution >= 0.6 is 0 Å². The lowest BCUT2D eigenvalue weighted by atomic mass is 10.3. The van der Waals surface area contributed by atoms with Gasteiger partial charge < -0.3 is 19.6 Å². The van der Waals surface area contributed by atoms with Gasteiger partial charge in [0.1, 0.15) is 0 Å². The van der Waals surface area contributed by atoms with Crippen molar-refractivity contribution < 1.29 is 19.4 Å². The second-order valence-corrected chi connectivity index (χ2v) is 5.14. The number of ether oxygens (including phenoxy) is 1. The molecule has 0 bridgehead atoms. The molecule has 0 aromatic rings. The van der Waals surface area contributed by atoms with E-state index in [4.69, 9.17) is 9.84 Å². The molecule has 0 radical (unpaired) electrons. The number of aliphatic carboxylic acids is 1. The Morgan fingerprint density at radius 2 is 1.84 bits per heavy atom. The van der Waals surface area contributed by atoms with Crippen LogP contribution in [-0.2, 0) is 9.53 Å². The average Bonchev–Trinajstić information content (AvgIpc) is 3.16. The van der Waals surface area contributed by atoms with Crippen LogP contribution < -0.4 is 0 Å². The van der Waals surface area contributed by atoms with Gasteiger partial charge in [0.2, 0.25) is 0 Å². The van der Waals surface area contributed by atoms with Gasteiger partial charge in [0.15, 0.2) is 0 Å². The molecular formula is C13H24N2O4. The highest BCUT2D eigenvalue weighted by Gasteiger charge is 2.21. The minimum absolute atomic E-state index is 0.0891. The van der Waals surface area contributed by atoms with E-state index in [0.29, 0.717) is 26.1 Å². The molecule has 1 aliphatic rings. The largest absolute Gasteiger partial charge is 0.481 e. The summed E-state index contributed by atoms with van der Waals surface area (Å²) in [5.41, 5.74) is 0. The molecule has 6 nitrogen and oxygen atoms in total. The Morgan fingerprint density at radius 1 is 1.21 bits per heavy atom. The number of carboxylic acids is 1. The van der Waals surface area contributed by atoms with Crippen molar-refractivity contribution in [1.29, 1.82) is 0 Å². The van der Waals surface area contributed by atoms with E-state index in [9.17, 15) is 9.59 Å². The maximum absolute atomic E-state index is 11.9. The zero-order valence-electron chi connectivity index (χ0n) is 11.8. The molecule has 1 aliphatic carbocycles. The smallest absolute Gasteiger partial charge is 0.319 e. The van der Waals surface area contributed by atoms with Crippen LogP contribution in [0.4, 0.5) is 4.79 Å². The number of carbonyl (C=O) groups excluding carboxylic acids is 1. The van der Waals surface area contributed by atoms with Gasteiger partial charge in [-0.2, -0.15) is 0 Å². The van der Waals surface area contributed by atoms with Crippen molar-refractivity contribution in [2.24, 2.45) is 5.92 Å². The first-order valence-corrected chi connectivity index (χ1v) is 6.76. The molecule has 0 saturated heterocycles. The normalized spacial score (nSPS) is 14.2. The third kappa shape index (κ3) is 7.00. The zero-order chi connectivity index (χ0) is 14.3. The first-order valence-electron chi connectivity index (χ1n) is 6.76. The molecule has 0 aromatic carbocycles. The van der Waals surface area contributed by atoms with E-state index in [1.807, 2.05) is 0 Å². The van der Waals surface area contributed by atoms with Gasteiger partial charge in [0.25, 0.3) is 0 Å². The molecule has 1 saturated carbocycles. The van der Waals surface area contributed by atoms with Crippen molar-refractivity contribution >= 4 is 12.0 Å². The van der Waals surface area contributed by atoms with Gasteiger partial charge in [-0.05, 0) is 25.2 Å². The van der Waals surface area contributed by atoms with Crippen molar-refractivity contribution in [1.82, 2.24) is 9.80 Å². The lowest BCUT2D eigenvalue weighted by Gasteiger charge is -2.24. The number of nitrogens with zero attached hydrogens (tertiary/aromatic N) is 2. The van der Waals surface area contributed by atoms with Gasteiger partial charge in [0, 0.05) is 40.2 Å². The van der Waals surface area contributed by atoms with Crippen molar-refractivity contribution in [2.45, 2.75) is 25.7 Å². The quantitative estimate of drug-likeness (QED) is 0.642. The second kappa shape index (κ2) is 7.99. The maximum atomic E-state index is 11.9. The summed E-state index contributed by atoms with van der Waals surface area (Å²) < 4.78 is 5.48. The Kier molecular flexibility index (Phi) is 6.62. The summed E-state index contributed by atoms with van der Waals surface area (Å²) >= 11 is 0. The van der Waals surface area contributed by atoms with Crippen LogP contribution in [0.15, 0.2) is 0 Å². The molecule has 1 N–H and O–H groups in total. The van der Waals surface area contributed by atoms with Crippen molar-refractivity contribution in [3.63, 3.8) is 0 Å². The standard InChI is InChI=1S/C13H24N2O4/c1-14(7-3-4-12(16)17)13(18)15(2)8-9-19-10-11-5-6-11/h11H,3-10H2,1-2H3,(H,16,17). The van der Waals surface area contributed by atoms with Gasteiger partial charge in [0.05, 0.1) is 6.61 Å². The van der Waals surface area contributed by atoms with E-state index in [1.54, 1.807) is 23.9 Å². The number of likely N-dealkylation sites (N-methyl/N-ethyl adjacent to an activating group) is 1. The Labute approximate surface area is 114 Å². The fourth-order valence-corrected chi connectivity index (χ4v) is 1.69. The van der Waals surface area contributed by atoms with E-state index in [1.165, 1.54) is 12.8 Å². The van der Waals surface area contributed by atoms with Crippen LogP contribution in [0, 0.1) is 5.92 Å². The van der Waals surface area contributed by atoms with Gasteiger partial charge in [-0.15, -0.1) is 0 Å². The van der Waals surface area contributed by atoms with Crippen molar-refractivity contribution in [3.05, 3.63) is 0 Å². The summed E-state index contributed by atoms with van der Waals surface area (Å²) in [6.45, 7) is 2.38. The number of carboxylic acid groups (broad SMARTS) is 1. The molecule has 1 fully saturated rings. The predicted octanol–water partition coefficient (Wildman–Crippen LogP) is 1.26. The molecule has 2 amide bonds. The SMILES string of the molecule is CN(CCCC(=O)O)C(=O)N(C)CCOCC1CC1. The van der Waals surface area contributed by atoms with E-state index in [2.05, 4.69) is 0 Å². The first-order chi connectivity index (χ1) is 9.00. The highest BCUT2D eigenvalue weighted by molar-refractivity contribution is 5.73. The fourth-order valence-electron chi connectivity index (χ4n) is 1.69. The molecule has 0 atom stereocenters. The number of rotatable bonds is 9. The lowest BCUT2D eigenvalue weighted by Crippen LogP contribution is -2.40. The minimum Gasteiger partial charge on any atom is -0.481 e. The van der Waals surface area contributed by atoms with Crippen molar-refractivity contribution in [2.75, 3.05) is 40.4 Å². The molecule has 0 aliphatic heterocycles. The Hall–Kier alpha value is -1.30. The Bertz CT molecular complexity index is 305. The minimum atomic E-state index is -0.831. The number of carbonyl (C=O) groups is 2. The molecule has 6 heteroatoms. The summed E-state index contributed by atoms with van der Waals surface area (Å²) in [6.07, 6.45) is 3.09. The van der Waals surface area contributed by atoms with E-state index < -0.39 is 5.97 Å². The number of urea groups is 1. The maximum Gasteiger partial charge on any atom is 0.319 e. The molecule has 1 rings (SSSR count). The van der Waals surface area contributed by atoms with Crippen LogP contribution in [0.3, 0.4) is 0 Å². The zero-order valence-corrected chi connectivity index (χ0v) is 11.8. The topological polar surface area (TPSA) is 70.1 Å². The summed E-state index contributed by atoms with van der Waals surface area (Å²) in [5.74, 6) is -0.0950. The summed E-state index contributed by atoms with van der Waals surface area (Å²) in [4.78, 5) is 25.4. The lowest BCUT2D eigenvalue weighted by molar-refractivity contribution is -0.137. The molecule has 0 aromatic heterocycles. The van der Waals surface area contributed by atoms with Gasteiger partial charge >= 0.3 is 12.0 Å². The molecular weight excluding hydrogens is 248 g/mol. The summed E-state index contributed by atoms with van der Waals surface area (Å²) in [6, 6.07) is -0.0968. The van der Waals surface area contributed by atoms with Crippen LogP contribution in [0.2, 0.25) is 0 Å². The van der Waals surface area contributed by atoms with Crippen molar-refractivity contribution in [3.8, 4) is 0 Å². The molecule has 0 unspecified atom stereocenters. The van der Waals surface area contributed by atoms with Crippen LogP contribution in [0.5, 0.6) is 0 Å². The number of hydrogen-bond acceptors (Lipinski definition) is 3. The summed E-state index contributed by atoms with van der Waals surface area (Å²) in [5, 5.41) is 8.54. The second-order valence-electron chi connectivity index (χ2n) is 5.14. The predicted molar refractivity (Wildman–Crippen MR) is 71.1 cm³/mol. The Morgan fingerprint density at radius 3 is 2.42 bits per heavy atom. The average molecular weight is 272 g/mol. The summed E-state index contributed by atoms with van der Waals surface area (Å²) in [7, 11) is 3.42. The third-order valence-electron chi connectivity index (χ3n) is 3.16. The van der Waals surface area contributed by atoms with E-state index in [-0.39, 0.29) is 12.5 Å². The fraction of sp³-hybridized carbons (Fsp3) is 0.846. The molecule has 19 heavy (non-hydrogen) atoms. The van der Waals surface area contributed by atoms with Gasteiger partial charge in [-0.1, -0.05) is 0 Å². The molecule has 0 spiro atoms. The highest BCUT2D eigenvalue weighted by atomic mass is 16.5. The number of amides is 2. The Balaban J connectivity index is 2.08. The van der Waals surface area contributed by atoms with Crippen LogP contribution in [-0.4, -0.2) is 67.3 Å². The third-order valence-corrected chi connectivity index (χ3v) is 3.16. The monoisotopic (exact) mass is 272 g/mol. The van der Waals surface area contributed by atoms with Gasteiger partial charge in [-0.3, -0.25) is 4.79 Å². The first kappa shape index (κ1) is 15.8. The highest BCUT2D eigenvalue weighted by Crippen LogP contribution is 2.28. The number of hydrogen-bond donors (Lipinski definition) is 1. The van der Waals surface area contributed by atoms with Crippen LogP contribution in [0.25, 0.3) is 0 Å². The van der Waals surface area contributed by atoms with Crippen LogP contribution in [0.1, 0.15) is 25.7 Å². The van der Waals surface area contributed by atoms with Gasteiger partial charge in [-0.25, -0.2) is 4.79 Å².